The zero-order valence-electron chi connectivity index (χ0n) is 14.4. The number of amides is 2. The summed E-state index contributed by atoms with van der Waals surface area (Å²) in [5.41, 5.74) is 6.68. The van der Waals surface area contributed by atoms with Crippen LogP contribution >= 0.6 is 0 Å². The zero-order chi connectivity index (χ0) is 19.2. The molecule has 26 heavy (non-hydrogen) atoms. The molecule has 0 saturated carbocycles. The van der Waals surface area contributed by atoms with Crippen LogP contribution in [0.5, 0.6) is 0 Å². The minimum atomic E-state index is -3.56. The van der Waals surface area contributed by atoms with Crippen molar-refractivity contribution in [2.45, 2.75) is 11.8 Å². The van der Waals surface area contributed by atoms with Gasteiger partial charge in [0.1, 0.15) is 0 Å². The van der Waals surface area contributed by atoms with E-state index in [9.17, 15) is 18.0 Å². The summed E-state index contributed by atoms with van der Waals surface area (Å²) in [6.45, 7) is 1.95. The van der Waals surface area contributed by atoms with Gasteiger partial charge in [0, 0.05) is 11.3 Å². The first kappa shape index (κ1) is 19.4. The van der Waals surface area contributed by atoms with Crippen LogP contribution in [0.3, 0.4) is 0 Å². The quantitative estimate of drug-likeness (QED) is 0.556. The van der Waals surface area contributed by atoms with Gasteiger partial charge >= 0.3 is 0 Å². The molecular formula is C17H20N4O4S. The Balaban J connectivity index is 1.84. The van der Waals surface area contributed by atoms with Crippen molar-refractivity contribution in [1.82, 2.24) is 15.6 Å². The zero-order valence-corrected chi connectivity index (χ0v) is 15.2. The normalized spacial score (nSPS) is 10.8. The van der Waals surface area contributed by atoms with E-state index in [4.69, 9.17) is 0 Å². The fraction of sp³-hybridized carbons (Fsp3) is 0.176. The van der Waals surface area contributed by atoms with Gasteiger partial charge in [-0.2, -0.15) is 0 Å². The van der Waals surface area contributed by atoms with Gasteiger partial charge in [-0.15, -0.1) is 0 Å². The lowest BCUT2D eigenvalue weighted by molar-refractivity contribution is -0.120. The number of nitrogens with one attached hydrogen (secondary N) is 4. The Morgan fingerprint density at radius 2 is 1.54 bits per heavy atom. The Bertz CT molecular complexity index is 878. The molecule has 8 nitrogen and oxygen atoms in total. The maximum Gasteiger partial charge on any atom is 0.269 e. The number of rotatable bonds is 6. The molecule has 0 aliphatic heterocycles. The molecule has 0 atom stereocenters. The largest absolute Gasteiger partial charge is 0.376 e. The van der Waals surface area contributed by atoms with Crippen LogP contribution in [0.4, 0.5) is 5.69 Å². The molecule has 2 aromatic rings. The number of anilines is 1. The summed E-state index contributed by atoms with van der Waals surface area (Å²) in [6, 6.07) is 12.9. The van der Waals surface area contributed by atoms with E-state index in [-0.39, 0.29) is 17.0 Å². The van der Waals surface area contributed by atoms with Crippen LogP contribution in [0.1, 0.15) is 15.9 Å². The van der Waals surface area contributed by atoms with E-state index in [1.807, 2.05) is 31.2 Å². The summed E-state index contributed by atoms with van der Waals surface area (Å²) in [5, 5.41) is 2.93. The van der Waals surface area contributed by atoms with Crippen LogP contribution in [-0.2, 0) is 14.8 Å². The fourth-order valence-electron chi connectivity index (χ4n) is 2.00. The van der Waals surface area contributed by atoms with Crippen LogP contribution in [0, 0.1) is 6.92 Å². The van der Waals surface area contributed by atoms with E-state index in [1.54, 1.807) is 0 Å². The van der Waals surface area contributed by atoms with Gasteiger partial charge in [0.05, 0.1) is 11.4 Å². The minimum absolute atomic E-state index is 0.0112. The number of carbonyl (C=O) groups excluding carboxylic acids is 2. The average molecular weight is 376 g/mol. The maximum absolute atomic E-state index is 12.0. The predicted octanol–water partition coefficient (Wildman–Crippen LogP) is 0.776. The highest BCUT2D eigenvalue weighted by molar-refractivity contribution is 7.89. The van der Waals surface area contributed by atoms with E-state index in [0.717, 1.165) is 11.3 Å². The molecule has 2 amide bonds. The second-order valence-electron chi connectivity index (χ2n) is 5.45. The second-order valence-corrected chi connectivity index (χ2v) is 7.34. The molecule has 0 saturated heterocycles. The molecule has 0 bridgehead atoms. The summed E-state index contributed by atoms with van der Waals surface area (Å²) in [4.78, 5) is 23.8. The molecule has 9 heteroatoms. The van der Waals surface area contributed by atoms with Crippen LogP contribution in [0.15, 0.2) is 53.4 Å². The van der Waals surface area contributed by atoms with Crippen LogP contribution in [0.2, 0.25) is 0 Å². The Morgan fingerprint density at radius 3 is 2.12 bits per heavy atom. The molecule has 0 fully saturated rings. The number of hydrogen-bond acceptors (Lipinski definition) is 5. The molecule has 4 N–H and O–H groups in total. The number of aryl methyl sites for hydroxylation is 1. The van der Waals surface area contributed by atoms with Gasteiger partial charge in [-0.05, 0) is 50.4 Å². The Labute approximate surface area is 152 Å². The van der Waals surface area contributed by atoms with Gasteiger partial charge in [-0.25, -0.2) is 13.1 Å². The second kappa shape index (κ2) is 8.45. The summed E-state index contributed by atoms with van der Waals surface area (Å²) < 4.78 is 25.4. The Kier molecular flexibility index (Phi) is 6.31. The van der Waals surface area contributed by atoms with Crippen molar-refractivity contribution >= 4 is 27.5 Å². The lowest BCUT2D eigenvalue weighted by Crippen LogP contribution is -2.44. The first-order chi connectivity index (χ1) is 12.3. The summed E-state index contributed by atoms with van der Waals surface area (Å²) in [6.07, 6.45) is 0. The van der Waals surface area contributed by atoms with Crippen LogP contribution in [0.25, 0.3) is 0 Å². The third kappa shape index (κ3) is 5.30. The number of benzene rings is 2. The lowest BCUT2D eigenvalue weighted by atomic mass is 10.2. The number of carbonyl (C=O) groups is 2. The summed E-state index contributed by atoms with van der Waals surface area (Å²) in [7, 11) is -2.26. The van der Waals surface area contributed by atoms with E-state index in [1.165, 1.54) is 31.3 Å². The summed E-state index contributed by atoms with van der Waals surface area (Å²) in [5.74, 6) is -0.976. The molecule has 2 rings (SSSR count). The number of hydrazine groups is 1. The van der Waals surface area contributed by atoms with Crippen molar-refractivity contribution in [3.05, 3.63) is 59.7 Å². The van der Waals surface area contributed by atoms with Gasteiger partial charge in [0.15, 0.2) is 0 Å². The standard InChI is InChI=1S/C17H20N4O4S/c1-12-3-7-14(8-4-12)19-11-16(22)20-21-17(23)13-5-9-15(10-6-13)26(24,25)18-2/h3-10,18-19H,11H2,1-2H3,(H,20,22)(H,21,23). The first-order valence-corrected chi connectivity index (χ1v) is 9.23. The summed E-state index contributed by atoms with van der Waals surface area (Å²) >= 11 is 0. The van der Waals surface area contributed by atoms with Gasteiger partial charge in [0.2, 0.25) is 10.0 Å². The highest BCUT2D eigenvalue weighted by atomic mass is 32.2. The number of hydrogen-bond donors (Lipinski definition) is 4. The van der Waals surface area contributed by atoms with E-state index >= 15 is 0 Å². The monoisotopic (exact) mass is 376 g/mol. The van der Waals surface area contributed by atoms with E-state index < -0.39 is 21.8 Å². The molecule has 138 valence electrons. The van der Waals surface area contributed by atoms with Crippen LogP contribution < -0.4 is 20.9 Å². The minimum Gasteiger partial charge on any atom is -0.376 e. The highest BCUT2D eigenvalue weighted by Gasteiger charge is 2.13. The van der Waals surface area contributed by atoms with E-state index in [2.05, 4.69) is 20.9 Å². The lowest BCUT2D eigenvalue weighted by Gasteiger charge is -2.10. The Morgan fingerprint density at radius 1 is 0.923 bits per heavy atom. The van der Waals surface area contributed by atoms with Crippen LogP contribution in [-0.4, -0.2) is 33.8 Å². The van der Waals surface area contributed by atoms with Crippen molar-refractivity contribution in [3.63, 3.8) is 0 Å². The van der Waals surface area contributed by atoms with Crippen molar-refractivity contribution in [2.24, 2.45) is 0 Å². The Hall–Kier alpha value is -2.91. The third-order valence-electron chi connectivity index (χ3n) is 3.52. The van der Waals surface area contributed by atoms with Crippen molar-refractivity contribution in [1.29, 1.82) is 0 Å². The molecule has 0 radical (unpaired) electrons. The fourth-order valence-corrected chi connectivity index (χ4v) is 2.73. The smallest absolute Gasteiger partial charge is 0.269 e. The molecule has 0 spiro atoms. The SMILES string of the molecule is CNS(=O)(=O)c1ccc(C(=O)NNC(=O)CNc2ccc(C)cc2)cc1. The molecule has 0 unspecified atom stereocenters. The van der Waals surface area contributed by atoms with Crippen molar-refractivity contribution < 1.29 is 18.0 Å². The highest BCUT2D eigenvalue weighted by Crippen LogP contribution is 2.10. The average Bonchev–Trinajstić information content (AvgIpc) is 2.65. The van der Waals surface area contributed by atoms with Gasteiger partial charge < -0.3 is 5.32 Å². The molecule has 2 aromatic carbocycles. The van der Waals surface area contributed by atoms with Crippen molar-refractivity contribution in [3.8, 4) is 0 Å². The van der Waals surface area contributed by atoms with Gasteiger partial charge in [-0.3, -0.25) is 20.4 Å². The van der Waals surface area contributed by atoms with Crippen molar-refractivity contribution in [2.75, 3.05) is 18.9 Å². The number of sulfonamides is 1. The molecule has 0 heterocycles. The molecule has 0 aliphatic rings. The van der Waals surface area contributed by atoms with E-state index in [0.29, 0.717) is 0 Å². The third-order valence-corrected chi connectivity index (χ3v) is 4.95. The first-order valence-electron chi connectivity index (χ1n) is 7.75. The predicted molar refractivity (Wildman–Crippen MR) is 98.0 cm³/mol. The van der Waals surface area contributed by atoms with Gasteiger partial charge in [0.25, 0.3) is 11.8 Å². The topological polar surface area (TPSA) is 116 Å². The van der Waals surface area contributed by atoms with Gasteiger partial charge in [-0.1, -0.05) is 17.7 Å². The molecule has 0 aromatic heterocycles. The molecular weight excluding hydrogens is 356 g/mol. The molecule has 0 aliphatic carbocycles. The maximum atomic E-state index is 12.0.